The summed E-state index contributed by atoms with van der Waals surface area (Å²) in [4.78, 5) is 0. The van der Waals surface area contributed by atoms with Crippen molar-refractivity contribution < 1.29 is 0 Å². The average molecular weight is 343 g/mol. The van der Waals surface area contributed by atoms with Crippen LogP contribution in [0.5, 0.6) is 0 Å². The lowest BCUT2D eigenvalue weighted by molar-refractivity contribution is 0.541. The fourth-order valence-electron chi connectivity index (χ4n) is 2.18. The molecule has 1 heterocycles. The van der Waals surface area contributed by atoms with Gasteiger partial charge in [-0.2, -0.15) is 5.10 Å². The molecule has 0 fully saturated rings. The quantitative estimate of drug-likeness (QED) is 0.889. The molecule has 0 aliphatic rings. The predicted octanol–water partition coefficient (Wildman–Crippen LogP) is 4.02. The molecule has 1 unspecified atom stereocenters. The molecule has 3 nitrogen and oxygen atoms in total. The summed E-state index contributed by atoms with van der Waals surface area (Å²) in [5.41, 5.74) is 2.18. The van der Waals surface area contributed by atoms with Crippen molar-refractivity contribution >= 4 is 27.5 Å². The Labute approximate surface area is 127 Å². The van der Waals surface area contributed by atoms with Gasteiger partial charge >= 0.3 is 0 Å². The summed E-state index contributed by atoms with van der Waals surface area (Å²) in [6.07, 6.45) is 1.71. The molecular weight excluding hydrogens is 326 g/mol. The molecule has 0 aliphatic carbocycles. The number of hydrogen-bond donors (Lipinski definition) is 1. The van der Waals surface area contributed by atoms with Gasteiger partial charge < -0.3 is 5.32 Å². The minimum Gasteiger partial charge on any atom is -0.305 e. The molecule has 1 aromatic heterocycles. The van der Waals surface area contributed by atoms with Crippen LogP contribution in [0.25, 0.3) is 0 Å². The first kappa shape index (κ1) is 14.6. The number of rotatable bonds is 5. The third kappa shape index (κ3) is 3.02. The Balaban J connectivity index is 2.51. The summed E-state index contributed by atoms with van der Waals surface area (Å²) in [6, 6.07) is 8.22. The smallest absolute Gasteiger partial charge is 0.0837 e. The van der Waals surface area contributed by atoms with Crippen LogP contribution in [0.1, 0.15) is 31.1 Å². The van der Waals surface area contributed by atoms with Gasteiger partial charge in [0.05, 0.1) is 23.0 Å². The van der Waals surface area contributed by atoms with E-state index in [4.69, 9.17) is 11.6 Å². The lowest BCUT2D eigenvalue weighted by atomic mass is 10.0. The van der Waals surface area contributed by atoms with Gasteiger partial charge in [-0.25, -0.2) is 0 Å². The lowest BCUT2D eigenvalue weighted by Gasteiger charge is -2.21. The molecule has 0 aliphatic heterocycles. The molecule has 1 aromatic carbocycles. The van der Waals surface area contributed by atoms with Crippen LogP contribution in [0, 0.1) is 0 Å². The summed E-state index contributed by atoms with van der Waals surface area (Å²) in [7, 11) is 0. The lowest BCUT2D eigenvalue weighted by Crippen LogP contribution is -2.25. The van der Waals surface area contributed by atoms with Crippen LogP contribution < -0.4 is 5.32 Å². The van der Waals surface area contributed by atoms with Crippen molar-refractivity contribution in [1.29, 1.82) is 0 Å². The number of nitrogens with zero attached hydrogens (tertiary/aromatic N) is 2. The van der Waals surface area contributed by atoms with Gasteiger partial charge in [-0.1, -0.05) is 52.7 Å². The second-order valence-corrected chi connectivity index (χ2v) is 5.47. The van der Waals surface area contributed by atoms with Crippen molar-refractivity contribution in [2.75, 3.05) is 6.54 Å². The fraction of sp³-hybridized carbons (Fsp3) is 0.357. The van der Waals surface area contributed by atoms with E-state index in [1.54, 1.807) is 6.20 Å². The van der Waals surface area contributed by atoms with Crippen LogP contribution in [0.15, 0.2) is 34.9 Å². The van der Waals surface area contributed by atoms with Crippen LogP contribution in [-0.4, -0.2) is 16.3 Å². The van der Waals surface area contributed by atoms with E-state index in [0.29, 0.717) is 5.02 Å². The highest BCUT2D eigenvalue weighted by Crippen LogP contribution is 2.32. The third-order valence-electron chi connectivity index (χ3n) is 3.03. The molecule has 0 radical (unpaired) electrons. The van der Waals surface area contributed by atoms with Crippen LogP contribution in [0.3, 0.4) is 0 Å². The number of aromatic nitrogens is 2. The first-order chi connectivity index (χ1) is 9.19. The van der Waals surface area contributed by atoms with E-state index in [0.717, 1.165) is 23.3 Å². The van der Waals surface area contributed by atoms with Crippen LogP contribution in [0.2, 0.25) is 5.02 Å². The molecule has 0 saturated heterocycles. The molecule has 0 spiro atoms. The van der Waals surface area contributed by atoms with Crippen molar-refractivity contribution in [3.05, 3.63) is 51.2 Å². The molecular formula is C14H17BrClN3. The van der Waals surface area contributed by atoms with Crippen molar-refractivity contribution in [3.8, 4) is 0 Å². The van der Waals surface area contributed by atoms with Crippen molar-refractivity contribution in [3.63, 3.8) is 0 Å². The van der Waals surface area contributed by atoms with E-state index in [1.807, 2.05) is 22.9 Å². The topological polar surface area (TPSA) is 29.9 Å². The second-order valence-electron chi connectivity index (χ2n) is 4.21. The first-order valence-electron chi connectivity index (χ1n) is 6.38. The largest absolute Gasteiger partial charge is 0.305 e. The van der Waals surface area contributed by atoms with Gasteiger partial charge in [0.1, 0.15) is 0 Å². The van der Waals surface area contributed by atoms with Crippen molar-refractivity contribution in [2.45, 2.75) is 26.4 Å². The maximum Gasteiger partial charge on any atom is 0.0837 e. The highest BCUT2D eigenvalue weighted by Gasteiger charge is 2.22. The van der Waals surface area contributed by atoms with Gasteiger partial charge in [0.25, 0.3) is 0 Å². The first-order valence-corrected chi connectivity index (χ1v) is 7.55. The SMILES string of the molecule is CCNC(c1ccccc1Br)c1c(Cl)cnn1CC. The zero-order chi connectivity index (χ0) is 13.8. The van der Waals surface area contributed by atoms with Gasteiger partial charge in [0, 0.05) is 11.0 Å². The van der Waals surface area contributed by atoms with Crippen LogP contribution in [0.4, 0.5) is 0 Å². The van der Waals surface area contributed by atoms with Gasteiger partial charge in [-0.3, -0.25) is 4.68 Å². The molecule has 0 bridgehead atoms. The van der Waals surface area contributed by atoms with Gasteiger partial charge in [0.15, 0.2) is 0 Å². The van der Waals surface area contributed by atoms with Gasteiger partial charge in [-0.05, 0) is 25.1 Å². The number of hydrogen-bond acceptors (Lipinski definition) is 2. The van der Waals surface area contributed by atoms with E-state index in [1.165, 1.54) is 5.56 Å². The summed E-state index contributed by atoms with van der Waals surface area (Å²) < 4.78 is 3.01. The van der Waals surface area contributed by atoms with Crippen LogP contribution >= 0.6 is 27.5 Å². The second kappa shape index (κ2) is 6.55. The number of halogens is 2. The predicted molar refractivity (Wildman–Crippen MR) is 82.6 cm³/mol. The molecule has 1 N–H and O–H groups in total. The Morgan fingerprint density at radius 1 is 1.37 bits per heavy atom. The summed E-state index contributed by atoms with van der Waals surface area (Å²) in [5, 5.41) is 8.50. The number of aryl methyl sites for hydroxylation is 1. The molecule has 2 aromatic rings. The zero-order valence-electron chi connectivity index (χ0n) is 11.0. The summed E-state index contributed by atoms with van der Waals surface area (Å²) in [5.74, 6) is 0. The maximum absolute atomic E-state index is 6.32. The molecule has 0 saturated carbocycles. The van der Waals surface area contributed by atoms with E-state index in [2.05, 4.69) is 46.3 Å². The Morgan fingerprint density at radius 2 is 2.11 bits per heavy atom. The highest BCUT2D eigenvalue weighted by atomic mass is 79.9. The molecule has 1 atom stereocenters. The Morgan fingerprint density at radius 3 is 2.74 bits per heavy atom. The summed E-state index contributed by atoms with van der Waals surface area (Å²) in [6.45, 7) is 5.81. The van der Waals surface area contributed by atoms with E-state index >= 15 is 0 Å². The molecule has 102 valence electrons. The monoisotopic (exact) mass is 341 g/mol. The van der Waals surface area contributed by atoms with Gasteiger partial charge in [-0.15, -0.1) is 0 Å². The molecule has 19 heavy (non-hydrogen) atoms. The Bertz CT molecular complexity index is 553. The zero-order valence-corrected chi connectivity index (χ0v) is 13.4. The van der Waals surface area contributed by atoms with E-state index in [9.17, 15) is 0 Å². The van der Waals surface area contributed by atoms with Gasteiger partial charge in [0.2, 0.25) is 0 Å². The molecule has 0 amide bonds. The van der Waals surface area contributed by atoms with Crippen LogP contribution in [-0.2, 0) is 6.54 Å². The third-order valence-corrected chi connectivity index (χ3v) is 4.04. The Hall–Kier alpha value is -0.840. The van der Waals surface area contributed by atoms with Crippen molar-refractivity contribution in [1.82, 2.24) is 15.1 Å². The van der Waals surface area contributed by atoms with Crippen molar-refractivity contribution in [2.24, 2.45) is 0 Å². The molecule has 2 rings (SSSR count). The minimum absolute atomic E-state index is 0.0375. The fourth-order valence-corrected chi connectivity index (χ4v) is 2.94. The summed E-state index contributed by atoms with van der Waals surface area (Å²) >= 11 is 9.93. The standard InChI is InChI=1S/C14H17BrClN3/c1-3-17-13(10-7-5-6-8-11(10)15)14-12(16)9-18-19(14)4-2/h5-9,13,17H,3-4H2,1-2H3. The van der Waals surface area contributed by atoms with E-state index < -0.39 is 0 Å². The normalized spacial score (nSPS) is 12.6. The number of benzene rings is 1. The van der Waals surface area contributed by atoms with E-state index in [-0.39, 0.29) is 6.04 Å². The number of nitrogens with one attached hydrogen (secondary N) is 1. The minimum atomic E-state index is 0.0375. The highest BCUT2D eigenvalue weighted by molar-refractivity contribution is 9.10. The molecule has 5 heteroatoms. The Kier molecular flexibility index (Phi) is 5.02. The maximum atomic E-state index is 6.32. The average Bonchev–Trinajstić information content (AvgIpc) is 2.78.